The molecule has 0 saturated carbocycles. The molecule has 1 saturated heterocycles. The van der Waals surface area contributed by atoms with Crippen LogP contribution in [0.25, 0.3) is 0 Å². The average Bonchev–Trinajstić information content (AvgIpc) is 2.37. The number of halogens is 2. The van der Waals surface area contributed by atoms with Crippen LogP contribution in [0.2, 0.25) is 5.02 Å². The van der Waals surface area contributed by atoms with Crippen LogP contribution < -0.4 is 10.6 Å². The number of hydrogen-bond donors (Lipinski definition) is 2. The van der Waals surface area contributed by atoms with E-state index in [9.17, 15) is 9.18 Å². The molecule has 0 bridgehead atoms. The Labute approximate surface area is 111 Å². The van der Waals surface area contributed by atoms with Crippen LogP contribution in [0.1, 0.15) is 23.2 Å². The van der Waals surface area contributed by atoms with E-state index in [0.717, 1.165) is 25.9 Å². The Morgan fingerprint density at radius 3 is 3.06 bits per heavy atom. The molecular formula is C13H16ClFN2O. The smallest absolute Gasteiger partial charge is 0.255 e. The van der Waals surface area contributed by atoms with Gasteiger partial charge in [0.25, 0.3) is 5.91 Å². The molecule has 0 spiro atoms. The summed E-state index contributed by atoms with van der Waals surface area (Å²) in [7, 11) is 0. The summed E-state index contributed by atoms with van der Waals surface area (Å²) in [5.41, 5.74) is -0.0667. The number of amides is 1. The van der Waals surface area contributed by atoms with E-state index in [1.165, 1.54) is 18.2 Å². The van der Waals surface area contributed by atoms with Crippen LogP contribution in [0.5, 0.6) is 0 Å². The minimum atomic E-state index is -0.582. The normalized spacial score (nSPS) is 19.6. The molecule has 1 atom stereocenters. The highest BCUT2D eigenvalue weighted by molar-refractivity contribution is 6.33. The van der Waals surface area contributed by atoms with Gasteiger partial charge in [-0.3, -0.25) is 4.79 Å². The molecule has 0 aromatic heterocycles. The summed E-state index contributed by atoms with van der Waals surface area (Å²) in [6, 6.07) is 4.24. The fourth-order valence-corrected chi connectivity index (χ4v) is 2.39. The van der Waals surface area contributed by atoms with Crippen LogP contribution in [0.3, 0.4) is 0 Å². The molecule has 1 aromatic carbocycles. The van der Waals surface area contributed by atoms with Crippen LogP contribution in [-0.4, -0.2) is 25.5 Å². The monoisotopic (exact) mass is 270 g/mol. The summed E-state index contributed by atoms with van der Waals surface area (Å²) in [5.74, 6) is -0.612. The fraction of sp³-hybridized carbons (Fsp3) is 0.462. The summed E-state index contributed by atoms with van der Waals surface area (Å²) in [5, 5.41) is 6.16. The van der Waals surface area contributed by atoms with Crippen LogP contribution in [0.15, 0.2) is 18.2 Å². The molecule has 2 N–H and O–H groups in total. The zero-order valence-corrected chi connectivity index (χ0v) is 10.8. The molecule has 98 valence electrons. The zero-order chi connectivity index (χ0) is 13.0. The summed E-state index contributed by atoms with van der Waals surface area (Å²) in [4.78, 5) is 11.9. The third-order valence-electron chi connectivity index (χ3n) is 3.14. The highest BCUT2D eigenvalue weighted by Gasteiger charge is 2.18. The third-order valence-corrected chi connectivity index (χ3v) is 3.46. The molecule has 1 unspecified atom stereocenters. The fourth-order valence-electron chi connectivity index (χ4n) is 2.14. The summed E-state index contributed by atoms with van der Waals surface area (Å²) in [6.07, 6.45) is 2.19. The molecule has 1 aromatic rings. The van der Waals surface area contributed by atoms with Crippen LogP contribution >= 0.6 is 11.6 Å². The van der Waals surface area contributed by atoms with E-state index in [2.05, 4.69) is 10.6 Å². The SMILES string of the molecule is O=C(NCC1CCCNC1)c1c(F)cccc1Cl. The van der Waals surface area contributed by atoms with E-state index in [1.54, 1.807) is 0 Å². The van der Waals surface area contributed by atoms with E-state index in [4.69, 9.17) is 11.6 Å². The maximum atomic E-state index is 13.5. The van der Waals surface area contributed by atoms with Gasteiger partial charge in [0.15, 0.2) is 0 Å². The maximum Gasteiger partial charge on any atom is 0.255 e. The minimum Gasteiger partial charge on any atom is -0.352 e. The molecule has 1 aliphatic heterocycles. The van der Waals surface area contributed by atoms with E-state index in [0.29, 0.717) is 12.5 Å². The van der Waals surface area contributed by atoms with E-state index >= 15 is 0 Å². The van der Waals surface area contributed by atoms with Crippen molar-refractivity contribution in [3.8, 4) is 0 Å². The van der Waals surface area contributed by atoms with Crippen LogP contribution in [0.4, 0.5) is 4.39 Å². The Bertz CT molecular complexity index is 413. The Balaban J connectivity index is 1.95. The van der Waals surface area contributed by atoms with Gasteiger partial charge in [-0.25, -0.2) is 4.39 Å². The van der Waals surface area contributed by atoms with Crippen LogP contribution in [-0.2, 0) is 0 Å². The molecular weight excluding hydrogens is 255 g/mol. The lowest BCUT2D eigenvalue weighted by Crippen LogP contribution is -2.38. The Morgan fingerprint density at radius 1 is 1.56 bits per heavy atom. The first-order chi connectivity index (χ1) is 8.68. The topological polar surface area (TPSA) is 41.1 Å². The number of rotatable bonds is 3. The lowest BCUT2D eigenvalue weighted by Gasteiger charge is -2.23. The van der Waals surface area contributed by atoms with Gasteiger partial charge in [0.2, 0.25) is 0 Å². The van der Waals surface area contributed by atoms with Gasteiger partial charge in [-0.2, -0.15) is 0 Å². The maximum absolute atomic E-state index is 13.5. The van der Waals surface area contributed by atoms with Crippen molar-refractivity contribution in [2.45, 2.75) is 12.8 Å². The van der Waals surface area contributed by atoms with E-state index in [1.807, 2.05) is 0 Å². The highest BCUT2D eigenvalue weighted by Crippen LogP contribution is 2.19. The molecule has 5 heteroatoms. The van der Waals surface area contributed by atoms with E-state index < -0.39 is 11.7 Å². The van der Waals surface area contributed by atoms with Crippen molar-refractivity contribution in [1.82, 2.24) is 10.6 Å². The van der Waals surface area contributed by atoms with Crippen molar-refractivity contribution in [3.05, 3.63) is 34.6 Å². The second-order valence-electron chi connectivity index (χ2n) is 4.52. The first-order valence-corrected chi connectivity index (χ1v) is 6.49. The number of carbonyl (C=O) groups is 1. The van der Waals surface area contributed by atoms with Crippen LogP contribution in [0, 0.1) is 11.7 Å². The summed E-state index contributed by atoms with van der Waals surface area (Å²) >= 11 is 5.83. The molecule has 1 heterocycles. The van der Waals surface area contributed by atoms with Gasteiger partial charge in [-0.05, 0) is 44.0 Å². The molecule has 1 amide bonds. The van der Waals surface area contributed by atoms with E-state index in [-0.39, 0.29) is 10.6 Å². The summed E-state index contributed by atoms with van der Waals surface area (Å²) < 4.78 is 13.5. The Morgan fingerprint density at radius 2 is 2.39 bits per heavy atom. The lowest BCUT2D eigenvalue weighted by atomic mass is 9.99. The molecule has 18 heavy (non-hydrogen) atoms. The lowest BCUT2D eigenvalue weighted by molar-refractivity contribution is 0.0941. The van der Waals surface area contributed by atoms with Crippen molar-refractivity contribution in [2.75, 3.05) is 19.6 Å². The number of hydrogen-bond acceptors (Lipinski definition) is 2. The molecule has 0 aliphatic carbocycles. The molecule has 3 nitrogen and oxygen atoms in total. The van der Waals surface area contributed by atoms with Gasteiger partial charge in [0.1, 0.15) is 5.82 Å². The quantitative estimate of drug-likeness (QED) is 0.884. The van der Waals surface area contributed by atoms with Crippen molar-refractivity contribution < 1.29 is 9.18 Å². The molecule has 0 radical (unpaired) electrons. The third kappa shape index (κ3) is 3.21. The average molecular weight is 271 g/mol. The van der Waals surface area contributed by atoms with Crippen molar-refractivity contribution in [1.29, 1.82) is 0 Å². The second kappa shape index (κ2) is 6.16. The number of carbonyl (C=O) groups excluding carboxylic acids is 1. The minimum absolute atomic E-state index is 0.0667. The number of benzene rings is 1. The highest BCUT2D eigenvalue weighted by atomic mass is 35.5. The van der Waals surface area contributed by atoms with Crippen molar-refractivity contribution in [3.63, 3.8) is 0 Å². The zero-order valence-electron chi connectivity index (χ0n) is 10.0. The second-order valence-corrected chi connectivity index (χ2v) is 4.93. The van der Waals surface area contributed by atoms with Gasteiger partial charge in [0.05, 0.1) is 10.6 Å². The standard InChI is InChI=1S/C13H16ClFN2O/c14-10-4-1-5-11(15)12(10)13(18)17-8-9-3-2-6-16-7-9/h1,4-5,9,16H,2-3,6-8H2,(H,17,18). The Hall–Kier alpha value is -1.13. The van der Waals surface area contributed by atoms with Gasteiger partial charge >= 0.3 is 0 Å². The predicted octanol–water partition coefficient (Wildman–Crippen LogP) is 2.21. The number of nitrogens with one attached hydrogen (secondary N) is 2. The number of piperidine rings is 1. The predicted molar refractivity (Wildman–Crippen MR) is 69.3 cm³/mol. The first-order valence-electron chi connectivity index (χ1n) is 6.11. The Kier molecular flexibility index (Phi) is 4.55. The molecule has 1 fully saturated rings. The van der Waals surface area contributed by atoms with Gasteiger partial charge < -0.3 is 10.6 Å². The summed E-state index contributed by atoms with van der Waals surface area (Å²) in [6.45, 7) is 2.48. The van der Waals surface area contributed by atoms with Gasteiger partial charge in [0, 0.05) is 6.54 Å². The van der Waals surface area contributed by atoms with Gasteiger partial charge in [-0.15, -0.1) is 0 Å². The molecule has 2 rings (SSSR count). The van der Waals surface area contributed by atoms with Crippen molar-refractivity contribution in [2.24, 2.45) is 5.92 Å². The van der Waals surface area contributed by atoms with Gasteiger partial charge in [-0.1, -0.05) is 17.7 Å². The van der Waals surface area contributed by atoms with Crippen molar-refractivity contribution >= 4 is 17.5 Å². The molecule has 1 aliphatic rings. The first kappa shape index (κ1) is 13.3. The largest absolute Gasteiger partial charge is 0.352 e.